The van der Waals surface area contributed by atoms with Crippen LogP contribution in [-0.4, -0.2) is 17.5 Å². The molecule has 23 heavy (non-hydrogen) atoms. The predicted molar refractivity (Wildman–Crippen MR) is 89.7 cm³/mol. The average molecular weight is 312 g/mol. The zero-order valence-corrected chi connectivity index (χ0v) is 13.4. The van der Waals surface area contributed by atoms with Crippen LogP contribution in [0.5, 0.6) is 5.75 Å². The molecule has 2 aromatic carbocycles. The van der Waals surface area contributed by atoms with E-state index in [0.29, 0.717) is 11.3 Å². The number of carbonyl (C=O) groups is 2. The van der Waals surface area contributed by atoms with Gasteiger partial charge in [-0.2, -0.15) is 0 Å². The topological polar surface area (TPSA) is 67.4 Å². The lowest BCUT2D eigenvalue weighted by Gasteiger charge is -2.20. The van der Waals surface area contributed by atoms with Gasteiger partial charge in [-0.15, -0.1) is 0 Å². The van der Waals surface area contributed by atoms with Crippen molar-refractivity contribution in [2.45, 2.75) is 26.3 Å². The van der Waals surface area contributed by atoms with Crippen LogP contribution in [0.3, 0.4) is 0 Å². The number of benzene rings is 2. The van der Waals surface area contributed by atoms with Crippen molar-refractivity contribution in [2.24, 2.45) is 0 Å². The van der Waals surface area contributed by atoms with Crippen molar-refractivity contribution < 1.29 is 14.3 Å². The van der Waals surface area contributed by atoms with Crippen molar-refractivity contribution in [3.63, 3.8) is 0 Å². The predicted octanol–water partition coefficient (Wildman–Crippen LogP) is 3.83. The van der Waals surface area contributed by atoms with E-state index in [-0.39, 0.29) is 11.7 Å². The fourth-order valence-corrected chi connectivity index (χ4v) is 1.89. The van der Waals surface area contributed by atoms with E-state index in [9.17, 15) is 9.59 Å². The Hall–Kier alpha value is -2.82. The normalized spacial score (nSPS) is 10.7. The first-order valence-electron chi connectivity index (χ1n) is 7.30. The molecule has 0 spiro atoms. The average Bonchev–Trinajstić information content (AvgIpc) is 2.46. The Kier molecular flexibility index (Phi) is 5.01. The molecular formula is C18H20N2O3. The molecule has 0 unspecified atom stereocenters. The third kappa shape index (κ3) is 5.14. The maximum absolute atomic E-state index is 12.4. The fourth-order valence-electron chi connectivity index (χ4n) is 1.89. The van der Waals surface area contributed by atoms with Gasteiger partial charge in [-0.25, -0.2) is 4.79 Å². The van der Waals surface area contributed by atoms with E-state index in [1.54, 1.807) is 36.4 Å². The van der Waals surface area contributed by atoms with Crippen LogP contribution in [0.4, 0.5) is 10.5 Å². The number of anilines is 1. The monoisotopic (exact) mass is 312 g/mol. The summed E-state index contributed by atoms with van der Waals surface area (Å²) in [6, 6.07) is 15.7. The van der Waals surface area contributed by atoms with Crippen LogP contribution in [0, 0.1) is 0 Å². The Labute approximate surface area is 135 Å². The van der Waals surface area contributed by atoms with E-state index in [2.05, 4.69) is 10.6 Å². The maximum Gasteiger partial charge on any atom is 0.413 e. The second-order valence-electron chi connectivity index (χ2n) is 6.08. The summed E-state index contributed by atoms with van der Waals surface area (Å²) in [6.45, 7) is 5.55. The molecule has 0 saturated heterocycles. The Balaban J connectivity index is 2.14. The van der Waals surface area contributed by atoms with Gasteiger partial charge in [-0.05, 0) is 45.0 Å². The summed E-state index contributed by atoms with van der Waals surface area (Å²) in [5.74, 6) is -0.127. The number of nitrogens with one attached hydrogen (secondary N) is 2. The number of hydrogen-bond donors (Lipinski definition) is 2. The molecule has 0 fully saturated rings. The molecule has 2 rings (SSSR count). The molecule has 0 saturated carbocycles. The SMILES string of the molecule is CC(C)(C)NC(=O)Oc1ccccc1C(=O)Nc1ccccc1. The van der Waals surface area contributed by atoms with Gasteiger partial charge in [0.1, 0.15) is 5.75 Å². The van der Waals surface area contributed by atoms with E-state index in [0.717, 1.165) is 0 Å². The second-order valence-corrected chi connectivity index (χ2v) is 6.08. The molecule has 0 atom stereocenters. The third-order valence-electron chi connectivity index (χ3n) is 2.84. The van der Waals surface area contributed by atoms with E-state index in [1.807, 2.05) is 39.0 Å². The zero-order chi connectivity index (χ0) is 16.9. The van der Waals surface area contributed by atoms with Crippen molar-refractivity contribution >= 4 is 17.7 Å². The summed E-state index contributed by atoms with van der Waals surface area (Å²) in [5.41, 5.74) is 0.546. The molecule has 5 nitrogen and oxygen atoms in total. The summed E-state index contributed by atoms with van der Waals surface area (Å²) in [5, 5.41) is 5.46. The quantitative estimate of drug-likeness (QED) is 0.905. The Bertz CT molecular complexity index is 691. The minimum atomic E-state index is -0.600. The molecule has 2 amide bonds. The van der Waals surface area contributed by atoms with Crippen molar-refractivity contribution in [1.82, 2.24) is 5.32 Å². The van der Waals surface area contributed by atoms with Crippen molar-refractivity contribution in [1.29, 1.82) is 0 Å². The maximum atomic E-state index is 12.4. The second kappa shape index (κ2) is 6.96. The van der Waals surface area contributed by atoms with Crippen LogP contribution in [0.15, 0.2) is 54.6 Å². The van der Waals surface area contributed by atoms with Crippen molar-refractivity contribution in [3.8, 4) is 5.75 Å². The number of hydrogen-bond acceptors (Lipinski definition) is 3. The molecule has 0 radical (unpaired) electrons. The van der Waals surface area contributed by atoms with Gasteiger partial charge in [-0.1, -0.05) is 30.3 Å². The lowest BCUT2D eigenvalue weighted by atomic mass is 10.1. The van der Waals surface area contributed by atoms with Crippen LogP contribution in [0.25, 0.3) is 0 Å². The first kappa shape index (κ1) is 16.5. The molecule has 0 bridgehead atoms. The van der Waals surface area contributed by atoms with Gasteiger partial charge in [0.05, 0.1) is 5.56 Å². The fraction of sp³-hybridized carbons (Fsp3) is 0.222. The van der Waals surface area contributed by atoms with Gasteiger partial charge < -0.3 is 15.4 Å². The Morgan fingerprint density at radius 1 is 0.913 bits per heavy atom. The van der Waals surface area contributed by atoms with E-state index in [1.165, 1.54) is 0 Å². The van der Waals surface area contributed by atoms with Gasteiger partial charge in [0.2, 0.25) is 0 Å². The molecule has 2 N–H and O–H groups in total. The molecule has 120 valence electrons. The van der Waals surface area contributed by atoms with Crippen LogP contribution in [0.1, 0.15) is 31.1 Å². The van der Waals surface area contributed by atoms with Gasteiger partial charge >= 0.3 is 6.09 Å². The number of rotatable bonds is 3. The smallest absolute Gasteiger partial charge is 0.409 e. The van der Waals surface area contributed by atoms with Gasteiger partial charge in [0.15, 0.2) is 0 Å². The highest BCUT2D eigenvalue weighted by atomic mass is 16.6. The lowest BCUT2D eigenvalue weighted by molar-refractivity contribution is 0.102. The van der Waals surface area contributed by atoms with Crippen molar-refractivity contribution in [2.75, 3.05) is 5.32 Å². The van der Waals surface area contributed by atoms with Crippen LogP contribution in [-0.2, 0) is 0 Å². The van der Waals surface area contributed by atoms with Gasteiger partial charge in [-0.3, -0.25) is 4.79 Å². The third-order valence-corrected chi connectivity index (χ3v) is 2.84. The standard InChI is InChI=1S/C18H20N2O3/c1-18(2,3)20-17(22)23-15-12-8-7-11-14(15)16(21)19-13-9-5-4-6-10-13/h4-12H,1-3H3,(H,19,21)(H,20,22). The zero-order valence-electron chi connectivity index (χ0n) is 13.4. The van der Waals surface area contributed by atoms with E-state index >= 15 is 0 Å². The highest BCUT2D eigenvalue weighted by Gasteiger charge is 2.18. The summed E-state index contributed by atoms with van der Waals surface area (Å²) < 4.78 is 5.27. The molecule has 0 aromatic heterocycles. The van der Waals surface area contributed by atoms with Gasteiger partial charge in [0.25, 0.3) is 5.91 Å². The molecule has 2 aromatic rings. The Morgan fingerprint density at radius 3 is 2.17 bits per heavy atom. The largest absolute Gasteiger partial charge is 0.413 e. The van der Waals surface area contributed by atoms with E-state index < -0.39 is 11.6 Å². The van der Waals surface area contributed by atoms with Crippen LogP contribution >= 0.6 is 0 Å². The highest BCUT2D eigenvalue weighted by Crippen LogP contribution is 2.20. The molecule has 0 aliphatic heterocycles. The van der Waals surface area contributed by atoms with E-state index in [4.69, 9.17) is 4.74 Å². The first-order chi connectivity index (χ1) is 10.8. The van der Waals surface area contributed by atoms with Gasteiger partial charge in [0, 0.05) is 11.2 Å². The molecule has 0 aliphatic carbocycles. The number of amides is 2. The summed E-state index contributed by atoms with van der Waals surface area (Å²) in [7, 11) is 0. The Morgan fingerprint density at radius 2 is 1.52 bits per heavy atom. The summed E-state index contributed by atoms with van der Waals surface area (Å²) >= 11 is 0. The minimum Gasteiger partial charge on any atom is -0.409 e. The highest BCUT2D eigenvalue weighted by molar-refractivity contribution is 6.06. The molecule has 5 heteroatoms. The summed E-state index contributed by atoms with van der Waals surface area (Å²) in [4.78, 5) is 24.3. The van der Waals surface area contributed by atoms with Crippen LogP contribution < -0.4 is 15.4 Å². The minimum absolute atomic E-state index is 0.211. The van der Waals surface area contributed by atoms with Crippen LogP contribution in [0.2, 0.25) is 0 Å². The number of para-hydroxylation sites is 2. The lowest BCUT2D eigenvalue weighted by Crippen LogP contribution is -2.42. The number of carbonyl (C=O) groups excluding carboxylic acids is 2. The molecule has 0 heterocycles. The van der Waals surface area contributed by atoms with Crippen molar-refractivity contribution in [3.05, 3.63) is 60.2 Å². The molecule has 0 aliphatic rings. The summed E-state index contributed by atoms with van der Waals surface area (Å²) in [6.07, 6.45) is -0.600. The molecular weight excluding hydrogens is 292 g/mol. The first-order valence-corrected chi connectivity index (χ1v) is 7.30. The number of ether oxygens (including phenoxy) is 1.